The predicted octanol–water partition coefficient (Wildman–Crippen LogP) is 3.22. The lowest BCUT2D eigenvalue weighted by Gasteiger charge is -2.31. The summed E-state index contributed by atoms with van der Waals surface area (Å²) in [6.45, 7) is 7.44. The molecule has 1 atom stereocenters. The second-order valence-corrected chi connectivity index (χ2v) is 8.08. The summed E-state index contributed by atoms with van der Waals surface area (Å²) in [6, 6.07) is 8.43. The summed E-state index contributed by atoms with van der Waals surface area (Å²) in [7, 11) is 0. The lowest BCUT2D eigenvalue weighted by Crippen LogP contribution is -2.44. The molecule has 130 valence electrons. The van der Waals surface area contributed by atoms with E-state index in [0.29, 0.717) is 18.8 Å². The van der Waals surface area contributed by atoms with Crippen LogP contribution in [0.15, 0.2) is 24.3 Å². The third kappa shape index (κ3) is 3.61. The van der Waals surface area contributed by atoms with Crippen LogP contribution < -0.4 is 0 Å². The van der Waals surface area contributed by atoms with Crippen LogP contribution in [0.25, 0.3) is 0 Å². The number of carbonyl (C=O) groups is 2. The summed E-state index contributed by atoms with van der Waals surface area (Å²) in [5, 5.41) is 0.0729. The van der Waals surface area contributed by atoms with Crippen molar-refractivity contribution in [2.24, 2.45) is 5.92 Å². The maximum Gasteiger partial charge on any atom is 0.233 e. The number of hydrogen-bond donors (Lipinski definition) is 0. The van der Waals surface area contributed by atoms with E-state index in [1.165, 1.54) is 11.1 Å². The third-order valence-corrected chi connectivity index (χ3v) is 6.08. The first-order chi connectivity index (χ1) is 11.5. The Morgan fingerprint density at radius 1 is 1.33 bits per heavy atom. The topological polar surface area (TPSA) is 40.6 Å². The van der Waals surface area contributed by atoms with Gasteiger partial charge in [-0.05, 0) is 44.7 Å². The van der Waals surface area contributed by atoms with E-state index in [1.807, 2.05) is 21.9 Å². The molecule has 1 aromatic rings. The van der Waals surface area contributed by atoms with Crippen molar-refractivity contribution >= 4 is 23.6 Å². The van der Waals surface area contributed by atoms with Gasteiger partial charge in [-0.1, -0.05) is 24.3 Å². The van der Waals surface area contributed by atoms with E-state index in [0.717, 1.165) is 12.8 Å². The summed E-state index contributed by atoms with van der Waals surface area (Å²) in [5.41, 5.74) is 2.42. The zero-order valence-electron chi connectivity index (χ0n) is 14.7. The molecule has 1 saturated heterocycles. The van der Waals surface area contributed by atoms with Crippen molar-refractivity contribution in [3.05, 3.63) is 35.4 Å². The lowest BCUT2D eigenvalue weighted by atomic mass is 10.1. The molecular formula is C19H26N2O2S. The maximum atomic E-state index is 12.5. The molecule has 3 rings (SSSR count). The number of rotatable bonds is 6. The van der Waals surface area contributed by atoms with Crippen LogP contribution in [0.4, 0.5) is 0 Å². The Bertz CT molecular complexity index is 628. The second-order valence-electron chi connectivity index (χ2n) is 7.01. The quantitative estimate of drug-likeness (QED) is 0.794. The van der Waals surface area contributed by atoms with Gasteiger partial charge in [0.1, 0.15) is 5.37 Å². The van der Waals surface area contributed by atoms with E-state index in [2.05, 4.69) is 32.9 Å². The van der Waals surface area contributed by atoms with E-state index in [4.69, 9.17) is 0 Å². The zero-order valence-corrected chi connectivity index (χ0v) is 15.5. The molecule has 1 aliphatic heterocycles. The van der Waals surface area contributed by atoms with Gasteiger partial charge in [0.15, 0.2) is 0 Å². The number of thioether (sulfide) groups is 1. The van der Waals surface area contributed by atoms with Crippen molar-refractivity contribution in [1.29, 1.82) is 0 Å². The lowest BCUT2D eigenvalue weighted by molar-refractivity contribution is -0.136. The van der Waals surface area contributed by atoms with Crippen LogP contribution in [0.5, 0.6) is 0 Å². The monoisotopic (exact) mass is 346 g/mol. The highest BCUT2D eigenvalue weighted by atomic mass is 32.2. The summed E-state index contributed by atoms with van der Waals surface area (Å²) >= 11 is 1.69. The number of carbonyl (C=O) groups excluding carboxylic acids is 2. The average molecular weight is 346 g/mol. The first-order valence-corrected chi connectivity index (χ1v) is 9.81. The van der Waals surface area contributed by atoms with Crippen LogP contribution >= 0.6 is 11.8 Å². The molecule has 1 heterocycles. The van der Waals surface area contributed by atoms with Crippen LogP contribution in [0.3, 0.4) is 0 Å². The van der Waals surface area contributed by atoms with E-state index in [1.54, 1.807) is 11.8 Å². The largest absolute Gasteiger partial charge is 0.338 e. The second kappa shape index (κ2) is 7.18. The fraction of sp³-hybridized carbons (Fsp3) is 0.579. The zero-order chi connectivity index (χ0) is 17.3. The molecule has 4 nitrogen and oxygen atoms in total. The number of amides is 2. The fourth-order valence-corrected chi connectivity index (χ4v) is 4.53. The van der Waals surface area contributed by atoms with Crippen molar-refractivity contribution < 1.29 is 9.59 Å². The van der Waals surface area contributed by atoms with Crippen molar-refractivity contribution in [2.45, 2.75) is 45.0 Å². The third-order valence-electron chi connectivity index (χ3n) is 4.84. The van der Waals surface area contributed by atoms with Gasteiger partial charge in [-0.25, -0.2) is 0 Å². The minimum atomic E-state index is 0.0729. The van der Waals surface area contributed by atoms with Gasteiger partial charge in [-0.3, -0.25) is 9.59 Å². The van der Waals surface area contributed by atoms with Gasteiger partial charge in [0.25, 0.3) is 0 Å². The molecule has 0 aromatic heterocycles. The smallest absolute Gasteiger partial charge is 0.233 e. The van der Waals surface area contributed by atoms with E-state index in [9.17, 15) is 9.59 Å². The van der Waals surface area contributed by atoms with Crippen molar-refractivity contribution in [1.82, 2.24) is 9.80 Å². The van der Waals surface area contributed by atoms with Gasteiger partial charge in [0, 0.05) is 25.0 Å². The summed E-state index contributed by atoms with van der Waals surface area (Å²) < 4.78 is 0. The Morgan fingerprint density at radius 3 is 2.67 bits per heavy atom. The van der Waals surface area contributed by atoms with Gasteiger partial charge in [0.2, 0.25) is 11.8 Å². The van der Waals surface area contributed by atoms with E-state index < -0.39 is 0 Å². The molecule has 1 aliphatic carbocycles. The van der Waals surface area contributed by atoms with Crippen LogP contribution in [-0.2, 0) is 9.59 Å². The molecule has 1 saturated carbocycles. The summed E-state index contributed by atoms with van der Waals surface area (Å²) in [4.78, 5) is 28.7. The SMILES string of the molecule is Cc1ccccc1[C@@H]1SCC(=O)N1CCN(C(=O)C1CC1)C(C)C. The van der Waals surface area contributed by atoms with Crippen molar-refractivity contribution in [3.8, 4) is 0 Å². The predicted molar refractivity (Wildman–Crippen MR) is 97.7 cm³/mol. The Morgan fingerprint density at radius 2 is 2.04 bits per heavy atom. The summed E-state index contributed by atoms with van der Waals surface area (Å²) in [6.07, 6.45) is 2.04. The summed E-state index contributed by atoms with van der Waals surface area (Å²) in [5.74, 6) is 1.19. The maximum absolute atomic E-state index is 12.5. The Hall–Kier alpha value is -1.49. The van der Waals surface area contributed by atoms with Crippen LogP contribution in [0.2, 0.25) is 0 Å². The number of hydrogen-bond acceptors (Lipinski definition) is 3. The minimum absolute atomic E-state index is 0.0729. The molecule has 1 aromatic carbocycles. The fourth-order valence-electron chi connectivity index (χ4n) is 3.22. The van der Waals surface area contributed by atoms with Crippen molar-refractivity contribution in [3.63, 3.8) is 0 Å². The molecule has 0 bridgehead atoms. The highest BCUT2D eigenvalue weighted by Crippen LogP contribution is 2.39. The molecule has 5 heteroatoms. The molecule has 2 aliphatic rings. The molecule has 0 N–H and O–H groups in total. The van der Waals surface area contributed by atoms with Crippen LogP contribution in [-0.4, -0.2) is 46.5 Å². The molecule has 0 radical (unpaired) electrons. The van der Waals surface area contributed by atoms with Crippen molar-refractivity contribution in [2.75, 3.05) is 18.8 Å². The molecule has 0 unspecified atom stereocenters. The van der Waals surface area contributed by atoms with E-state index >= 15 is 0 Å². The normalized spacial score (nSPS) is 20.8. The Balaban J connectivity index is 1.70. The van der Waals surface area contributed by atoms with Gasteiger partial charge in [-0.2, -0.15) is 0 Å². The first kappa shape index (κ1) is 17.3. The first-order valence-electron chi connectivity index (χ1n) is 8.76. The Kier molecular flexibility index (Phi) is 5.18. The Labute approximate surface area is 148 Å². The van der Waals surface area contributed by atoms with Gasteiger partial charge >= 0.3 is 0 Å². The molecule has 24 heavy (non-hydrogen) atoms. The van der Waals surface area contributed by atoms with Crippen LogP contribution in [0.1, 0.15) is 43.2 Å². The van der Waals surface area contributed by atoms with Gasteiger partial charge in [0.05, 0.1) is 5.75 Å². The molecule has 2 fully saturated rings. The highest BCUT2D eigenvalue weighted by Gasteiger charge is 2.37. The average Bonchev–Trinajstić information content (AvgIpc) is 3.33. The van der Waals surface area contributed by atoms with Gasteiger partial charge < -0.3 is 9.80 Å². The molecule has 2 amide bonds. The highest BCUT2D eigenvalue weighted by molar-refractivity contribution is 8.00. The number of aryl methyl sites for hydroxylation is 1. The van der Waals surface area contributed by atoms with Crippen LogP contribution in [0, 0.1) is 12.8 Å². The van der Waals surface area contributed by atoms with E-state index in [-0.39, 0.29) is 29.1 Å². The molecular weight excluding hydrogens is 320 g/mol. The standard InChI is InChI=1S/C19H26N2O2S/c1-13(2)20(18(23)15-8-9-15)10-11-21-17(22)12-24-19(21)16-7-5-4-6-14(16)3/h4-7,13,15,19H,8-12H2,1-3H3/t19-/m0/s1. The number of benzene rings is 1. The number of nitrogens with zero attached hydrogens (tertiary/aromatic N) is 2. The molecule has 0 spiro atoms. The minimum Gasteiger partial charge on any atom is -0.338 e. The van der Waals surface area contributed by atoms with Gasteiger partial charge in [-0.15, -0.1) is 11.8 Å².